The molecule has 1 aliphatic carbocycles. The van der Waals surface area contributed by atoms with Gasteiger partial charge in [-0.3, -0.25) is 0 Å². The van der Waals surface area contributed by atoms with Gasteiger partial charge in [0.25, 0.3) is 0 Å². The van der Waals surface area contributed by atoms with Crippen LogP contribution in [0.5, 0.6) is 0 Å². The van der Waals surface area contributed by atoms with Gasteiger partial charge in [-0.05, 0) is 65.8 Å². The number of halogens is 1. The quantitative estimate of drug-likeness (QED) is 0.571. The van der Waals surface area contributed by atoms with Gasteiger partial charge in [0, 0.05) is 16.6 Å². The predicted octanol–water partition coefficient (Wildman–Crippen LogP) is 5.86. The van der Waals surface area contributed by atoms with Crippen LogP contribution in [-0.2, 0) is 12.8 Å². The van der Waals surface area contributed by atoms with E-state index in [1.807, 2.05) is 48.5 Å². The van der Waals surface area contributed by atoms with E-state index in [4.69, 9.17) is 16.7 Å². The predicted molar refractivity (Wildman–Crippen MR) is 121 cm³/mol. The van der Waals surface area contributed by atoms with Gasteiger partial charge < -0.3 is 5.32 Å². The number of carbonyl (C=O) groups is 1. The Morgan fingerprint density at radius 2 is 1.73 bits per heavy atom. The molecular weight excluding hydrogens is 394 g/mol. The van der Waals surface area contributed by atoms with Crippen molar-refractivity contribution in [2.45, 2.75) is 25.2 Å². The van der Waals surface area contributed by atoms with Crippen molar-refractivity contribution in [3.05, 3.63) is 100 Å². The molecule has 2 aliphatic rings. The van der Waals surface area contributed by atoms with Crippen LogP contribution in [0.15, 0.2) is 77.9 Å². The molecule has 0 saturated carbocycles. The third kappa shape index (κ3) is 3.71. The van der Waals surface area contributed by atoms with E-state index >= 15 is 0 Å². The zero-order valence-electron chi connectivity index (χ0n) is 16.5. The topological polar surface area (TPSA) is 44.7 Å². The molecule has 2 amide bonds. The van der Waals surface area contributed by atoms with Crippen LogP contribution in [0, 0.1) is 0 Å². The lowest BCUT2D eigenvalue weighted by Crippen LogP contribution is -2.30. The van der Waals surface area contributed by atoms with Crippen molar-refractivity contribution in [3.63, 3.8) is 0 Å². The lowest BCUT2D eigenvalue weighted by molar-refractivity contribution is 0.218. The number of anilines is 1. The highest BCUT2D eigenvalue weighted by Gasteiger charge is 2.32. The highest BCUT2D eigenvalue weighted by molar-refractivity contribution is 6.30. The number of rotatable bonds is 3. The molecule has 0 fully saturated rings. The van der Waals surface area contributed by atoms with E-state index in [0.29, 0.717) is 11.6 Å². The summed E-state index contributed by atoms with van der Waals surface area (Å²) in [6, 6.07) is 23.8. The number of hydrogen-bond acceptors (Lipinski definition) is 2. The van der Waals surface area contributed by atoms with Crippen molar-refractivity contribution in [2.24, 2.45) is 5.10 Å². The molecule has 0 unspecified atom stereocenters. The Labute approximate surface area is 181 Å². The zero-order chi connectivity index (χ0) is 20.5. The minimum atomic E-state index is -0.210. The van der Waals surface area contributed by atoms with Gasteiger partial charge in [0.1, 0.15) is 0 Å². The molecule has 30 heavy (non-hydrogen) atoms. The van der Waals surface area contributed by atoms with Gasteiger partial charge >= 0.3 is 6.03 Å². The largest absolute Gasteiger partial charge is 0.342 e. The molecular formula is C25H22ClN3O. The Balaban J connectivity index is 1.42. The summed E-state index contributed by atoms with van der Waals surface area (Å²) >= 11 is 6.07. The van der Waals surface area contributed by atoms with Crippen LogP contribution < -0.4 is 5.32 Å². The lowest BCUT2D eigenvalue weighted by atomic mass is 9.91. The lowest BCUT2D eigenvalue weighted by Gasteiger charge is -2.16. The Bertz CT molecular complexity index is 1110. The van der Waals surface area contributed by atoms with Crippen LogP contribution in [-0.4, -0.2) is 23.3 Å². The van der Waals surface area contributed by atoms with E-state index in [2.05, 4.69) is 29.6 Å². The maximum Gasteiger partial charge on any atom is 0.342 e. The smallest absolute Gasteiger partial charge is 0.306 e. The average Bonchev–Trinajstić information content (AvgIpc) is 3.42. The number of fused-ring (bicyclic) bond motifs is 1. The van der Waals surface area contributed by atoms with Crippen LogP contribution >= 0.6 is 11.6 Å². The summed E-state index contributed by atoms with van der Waals surface area (Å²) in [6.45, 7) is 0.499. The summed E-state index contributed by atoms with van der Waals surface area (Å²) in [7, 11) is 0. The summed E-state index contributed by atoms with van der Waals surface area (Å²) in [4.78, 5) is 13.0. The molecule has 0 spiro atoms. The van der Waals surface area contributed by atoms with Crippen molar-refractivity contribution in [2.75, 3.05) is 11.9 Å². The van der Waals surface area contributed by atoms with E-state index in [0.717, 1.165) is 35.4 Å². The highest BCUT2D eigenvalue weighted by Crippen LogP contribution is 2.30. The normalized spacial score (nSPS) is 17.6. The summed E-state index contributed by atoms with van der Waals surface area (Å²) in [5.41, 5.74) is 6.54. The van der Waals surface area contributed by atoms with Crippen LogP contribution in [0.2, 0.25) is 5.02 Å². The number of urea groups is 1. The maximum absolute atomic E-state index is 13.0. The third-order valence-corrected chi connectivity index (χ3v) is 6.09. The number of nitrogens with zero attached hydrogens (tertiary/aromatic N) is 2. The average molecular weight is 416 g/mol. The summed E-state index contributed by atoms with van der Waals surface area (Å²) in [5.74, 6) is 0.0122. The first-order chi connectivity index (χ1) is 14.7. The van der Waals surface area contributed by atoms with Gasteiger partial charge in [-0.25, -0.2) is 9.80 Å². The second-order valence-electron chi connectivity index (χ2n) is 7.80. The van der Waals surface area contributed by atoms with Gasteiger partial charge in [0.2, 0.25) is 0 Å². The molecule has 4 nitrogen and oxygen atoms in total. The number of carbonyl (C=O) groups excluding carboxylic acids is 1. The molecule has 1 N–H and O–H groups in total. The second kappa shape index (κ2) is 7.96. The fourth-order valence-corrected chi connectivity index (χ4v) is 4.42. The number of benzene rings is 3. The van der Waals surface area contributed by atoms with Crippen LogP contribution in [0.4, 0.5) is 10.5 Å². The van der Waals surface area contributed by atoms with Crippen molar-refractivity contribution < 1.29 is 4.79 Å². The molecule has 5 rings (SSSR count). The molecule has 1 atom stereocenters. The van der Waals surface area contributed by atoms with E-state index in [1.54, 1.807) is 0 Å². The van der Waals surface area contributed by atoms with Gasteiger partial charge in [-0.2, -0.15) is 5.10 Å². The van der Waals surface area contributed by atoms with Gasteiger partial charge in [0.15, 0.2) is 0 Å². The first-order valence-electron chi connectivity index (χ1n) is 10.3. The van der Waals surface area contributed by atoms with Crippen LogP contribution in [0.25, 0.3) is 0 Å². The minimum absolute atomic E-state index is 0.0122. The van der Waals surface area contributed by atoms with Crippen molar-refractivity contribution >= 4 is 29.0 Å². The molecule has 5 heteroatoms. The molecule has 3 aromatic rings. The highest BCUT2D eigenvalue weighted by atomic mass is 35.5. The SMILES string of the molecule is O=C(Nc1ccc2c(c1)CCC2)N1C[C@@H](c2ccccc2)C(c2ccc(Cl)cc2)=N1. The molecule has 1 heterocycles. The summed E-state index contributed by atoms with van der Waals surface area (Å²) in [6.07, 6.45) is 3.40. The maximum atomic E-state index is 13.0. The van der Waals surface area contributed by atoms with Crippen molar-refractivity contribution in [3.8, 4) is 0 Å². The standard InChI is InChI=1S/C25H22ClN3O/c26-21-12-9-19(10-13-21)24-23(18-5-2-1-3-6-18)16-29(28-24)25(30)27-22-14-11-17-7-4-8-20(17)15-22/h1-3,5-6,9-15,23H,4,7-8,16H2,(H,27,30)/t23-/m0/s1. The van der Waals surface area contributed by atoms with E-state index in [1.165, 1.54) is 22.6 Å². The number of nitrogens with one attached hydrogen (secondary N) is 1. The first kappa shape index (κ1) is 18.9. The monoisotopic (exact) mass is 415 g/mol. The van der Waals surface area contributed by atoms with Gasteiger partial charge in [0.05, 0.1) is 12.3 Å². The molecule has 0 aromatic heterocycles. The minimum Gasteiger partial charge on any atom is -0.306 e. The fourth-order valence-electron chi connectivity index (χ4n) is 4.29. The Morgan fingerprint density at radius 1 is 0.967 bits per heavy atom. The molecule has 0 bridgehead atoms. The zero-order valence-corrected chi connectivity index (χ0v) is 17.3. The van der Waals surface area contributed by atoms with E-state index in [-0.39, 0.29) is 11.9 Å². The third-order valence-electron chi connectivity index (χ3n) is 5.84. The number of hydrogen-bond donors (Lipinski definition) is 1. The molecule has 1 aliphatic heterocycles. The van der Waals surface area contributed by atoms with E-state index < -0.39 is 0 Å². The summed E-state index contributed by atoms with van der Waals surface area (Å²) in [5, 5.41) is 9.95. The molecule has 3 aromatic carbocycles. The summed E-state index contributed by atoms with van der Waals surface area (Å²) < 4.78 is 0. The number of hydrazone groups is 1. The van der Waals surface area contributed by atoms with Gasteiger partial charge in [-0.1, -0.05) is 60.1 Å². The Morgan fingerprint density at radius 3 is 2.53 bits per heavy atom. The number of aryl methyl sites for hydroxylation is 2. The molecule has 150 valence electrons. The van der Waals surface area contributed by atoms with Crippen LogP contribution in [0.1, 0.15) is 34.6 Å². The van der Waals surface area contributed by atoms with Crippen LogP contribution in [0.3, 0.4) is 0 Å². The fraction of sp³-hybridized carbons (Fsp3) is 0.200. The molecule has 0 radical (unpaired) electrons. The second-order valence-corrected chi connectivity index (χ2v) is 8.24. The van der Waals surface area contributed by atoms with Crippen molar-refractivity contribution in [1.29, 1.82) is 0 Å². The number of amides is 2. The molecule has 0 saturated heterocycles. The van der Waals surface area contributed by atoms with Gasteiger partial charge in [-0.15, -0.1) is 0 Å². The first-order valence-corrected chi connectivity index (χ1v) is 10.6. The Kier molecular flexibility index (Phi) is 5.01. The Hall–Kier alpha value is -3.11. The van der Waals surface area contributed by atoms with E-state index in [9.17, 15) is 4.79 Å². The van der Waals surface area contributed by atoms with Crippen molar-refractivity contribution in [1.82, 2.24) is 5.01 Å².